The molecule has 0 radical (unpaired) electrons. The van der Waals surface area contributed by atoms with Crippen LogP contribution in [0.5, 0.6) is 5.75 Å². The number of carbonyl (C=O) groups is 1. The van der Waals surface area contributed by atoms with Gasteiger partial charge in [0.25, 0.3) is 0 Å². The zero-order chi connectivity index (χ0) is 18.6. The van der Waals surface area contributed by atoms with Crippen LogP contribution in [0.25, 0.3) is 0 Å². The van der Waals surface area contributed by atoms with Gasteiger partial charge in [-0.1, -0.05) is 30.3 Å². The first-order valence-corrected chi connectivity index (χ1v) is 9.13. The van der Waals surface area contributed by atoms with Gasteiger partial charge in [0, 0.05) is 12.7 Å². The Morgan fingerprint density at radius 1 is 0.893 bits per heavy atom. The van der Waals surface area contributed by atoms with E-state index in [1.165, 1.54) is 5.56 Å². The molecular formula is C21H30Cl2N2O3. The molecule has 0 amide bonds. The molecule has 28 heavy (non-hydrogen) atoms. The van der Waals surface area contributed by atoms with Crippen LogP contribution in [0, 0.1) is 0 Å². The zero-order valence-corrected chi connectivity index (χ0v) is 18.0. The summed E-state index contributed by atoms with van der Waals surface area (Å²) in [6.07, 6.45) is 0.671. The molecular weight excluding hydrogens is 399 g/mol. The first-order valence-electron chi connectivity index (χ1n) is 9.13. The summed E-state index contributed by atoms with van der Waals surface area (Å²) < 4.78 is 10.7. The third-order valence-corrected chi connectivity index (χ3v) is 4.40. The normalized spacial score (nSPS) is 11.1. The number of halogens is 2. The van der Waals surface area contributed by atoms with Gasteiger partial charge in [0.1, 0.15) is 31.5 Å². The molecule has 0 saturated heterocycles. The fraction of sp³-hybridized carbons (Fsp3) is 0.381. The van der Waals surface area contributed by atoms with Crippen molar-refractivity contribution < 1.29 is 49.7 Å². The number of rotatable bonds is 12. The van der Waals surface area contributed by atoms with Crippen molar-refractivity contribution in [1.29, 1.82) is 0 Å². The van der Waals surface area contributed by atoms with Gasteiger partial charge >= 0.3 is 0 Å². The lowest BCUT2D eigenvalue weighted by Gasteiger charge is -2.14. The van der Waals surface area contributed by atoms with Gasteiger partial charge < -0.3 is 44.9 Å². The van der Waals surface area contributed by atoms with Gasteiger partial charge in [-0.25, -0.2) is 0 Å². The Labute approximate surface area is 180 Å². The number of methoxy groups -OCH3 is 2. The summed E-state index contributed by atoms with van der Waals surface area (Å²) in [6, 6.07) is 17.6. The van der Waals surface area contributed by atoms with Crippen LogP contribution in [-0.2, 0) is 4.74 Å². The van der Waals surface area contributed by atoms with Gasteiger partial charge in [-0.05, 0) is 29.8 Å². The molecule has 7 heteroatoms. The molecule has 0 heterocycles. The second-order valence-corrected chi connectivity index (χ2v) is 6.22. The van der Waals surface area contributed by atoms with E-state index >= 15 is 0 Å². The lowest BCUT2D eigenvalue weighted by molar-refractivity contribution is -0.725. The minimum atomic E-state index is 0. The predicted molar refractivity (Wildman–Crippen MR) is 101 cm³/mol. The summed E-state index contributed by atoms with van der Waals surface area (Å²) in [5.41, 5.74) is 1.96. The molecule has 2 aromatic carbocycles. The topological polar surface area (TPSA) is 68.8 Å². The minimum absolute atomic E-state index is 0. The average Bonchev–Trinajstić information content (AvgIpc) is 2.70. The number of hydrogen-bond donors (Lipinski definition) is 2. The molecule has 0 aromatic heterocycles. The van der Waals surface area contributed by atoms with Crippen LogP contribution in [0.15, 0.2) is 54.6 Å². The van der Waals surface area contributed by atoms with E-state index in [4.69, 9.17) is 9.47 Å². The van der Waals surface area contributed by atoms with E-state index in [9.17, 15) is 4.79 Å². The lowest BCUT2D eigenvalue weighted by Crippen LogP contribution is -3.00. The fourth-order valence-electron chi connectivity index (χ4n) is 2.84. The number of carbonyl (C=O) groups excluding carboxylic acids is 1. The third kappa shape index (κ3) is 9.04. The highest BCUT2D eigenvalue weighted by atomic mass is 35.5. The number of hydrogen-bond acceptors (Lipinski definition) is 3. The van der Waals surface area contributed by atoms with Crippen molar-refractivity contribution in [1.82, 2.24) is 0 Å². The Kier molecular flexibility index (Phi) is 14.4. The van der Waals surface area contributed by atoms with Crippen molar-refractivity contribution in [3.8, 4) is 5.75 Å². The Morgan fingerprint density at radius 2 is 1.54 bits per heavy atom. The Hall–Kier alpha value is -1.63. The van der Waals surface area contributed by atoms with E-state index in [1.807, 2.05) is 42.5 Å². The molecule has 4 N–H and O–H groups in total. The van der Waals surface area contributed by atoms with Crippen molar-refractivity contribution in [2.24, 2.45) is 0 Å². The second-order valence-electron chi connectivity index (χ2n) is 6.22. The maximum atomic E-state index is 12.1. The van der Waals surface area contributed by atoms with E-state index in [0.29, 0.717) is 6.42 Å². The average molecular weight is 429 g/mol. The molecule has 0 fully saturated rings. The highest BCUT2D eigenvalue weighted by Crippen LogP contribution is 2.13. The van der Waals surface area contributed by atoms with Gasteiger partial charge in [0.15, 0.2) is 5.78 Å². The van der Waals surface area contributed by atoms with Crippen molar-refractivity contribution in [2.45, 2.75) is 12.5 Å². The molecule has 2 rings (SSSR count). The number of ether oxygens (including phenoxy) is 2. The minimum Gasteiger partial charge on any atom is -1.00 e. The largest absolute Gasteiger partial charge is 1.00 e. The van der Waals surface area contributed by atoms with Crippen LogP contribution >= 0.6 is 0 Å². The SMILES string of the molecule is COc1ccc(C(=O)CC[NH2+]CC[NH2+]CC(OC)c2ccccc2)cc1.[Cl-].[Cl-]. The van der Waals surface area contributed by atoms with E-state index < -0.39 is 0 Å². The van der Waals surface area contributed by atoms with Crippen molar-refractivity contribution >= 4 is 5.78 Å². The number of ketones is 1. The number of Topliss-reactive ketones (excluding diaryl/α,β-unsaturated/α-hetero) is 1. The fourth-order valence-corrected chi connectivity index (χ4v) is 2.84. The Balaban J connectivity index is 0.00000364. The molecule has 1 unspecified atom stereocenters. The lowest BCUT2D eigenvalue weighted by atomic mass is 10.1. The molecule has 1 atom stereocenters. The van der Waals surface area contributed by atoms with Gasteiger partial charge in [0.05, 0.1) is 20.1 Å². The Bertz CT molecular complexity index is 654. The maximum absolute atomic E-state index is 12.1. The molecule has 0 saturated carbocycles. The summed E-state index contributed by atoms with van der Waals surface area (Å²) in [6.45, 7) is 3.70. The van der Waals surface area contributed by atoms with Crippen LogP contribution in [-0.4, -0.2) is 46.2 Å². The second kappa shape index (κ2) is 15.3. The van der Waals surface area contributed by atoms with Crippen LogP contribution in [0.3, 0.4) is 0 Å². The van der Waals surface area contributed by atoms with E-state index in [-0.39, 0.29) is 36.7 Å². The molecule has 5 nitrogen and oxygen atoms in total. The van der Waals surface area contributed by atoms with Gasteiger partial charge in [0.2, 0.25) is 0 Å². The van der Waals surface area contributed by atoms with Gasteiger partial charge in [-0.2, -0.15) is 0 Å². The smallest absolute Gasteiger partial charge is 0.168 e. The molecule has 2 aromatic rings. The summed E-state index contributed by atoms with van der Waals surface area (Å²) in [5, 5.41) is 4.46. The maximum Gasteiger partial charge on any atom is 0.168 e. The molecule has 0 bridgehead atoms. The molecule has 0 aliphatic heterocycles. The first-order chi connectivity index (χ1) is 12.7. The van der Waals surface area contributed by atoms with Crippen LogP contribution in [0.2, 0.25) is 0 Å². The highest BCUT2D eigenvalue weighted by Gasteiger charge is 2.12. The molecule has 0 spiro atoms. The molecule has 0 aliphatic carbocycles. The molecule has 0 aliphatic rings. The van der Waals surface area contributed by atoms with E-state index in [2.05, 4.69) is 22.8 Å². The third-order valence-electron chi connectivity index (χ3n) is 4.40. The van der Waals surface area contributed by atoms with Crippen molar-refractivity contribution in [3.63, 3.8) is 0 Å². The van der Waals surface area contributed by atoms with Crippen LogP contribution in [0.1, 0.15) is 28.4 Å². The summed E-state index contributed by atoms with van der Waals surface area (Å²) >= 11 is 0. The van der Waals surface area contributed by atoms with E-state index in [1.54, 1.807) is 14.2 Å². The standard InChI is InChI=1S/C21H28N2O3.2ClH/c1-25-19-10-8-17(9-11-19)20(24)12-13-22-14-15-23-16-21(26-2)18-6-4-3-5-7-18;;/h3-11,21-23H,12-16H2,1-2H3;2*1H. The predicted octanol–water partition coefficient (Wildman–Crippen LogP) is -5.21. The highest BCUT2D eigenvalue weighted by molar-refractivity contribution is 5.96. The van der Waals surface area contributed by atoms with Crippen molar-refractivity contribution in [3.05, 3.63) is 65.7 Å². The number of benzene rings is 2. The van der Waals surface area contributed by atoms with Gasteiger partial charge in [-0.3, -0.25) is 4.79 Å². The number of nitrogens with two attached hydrogens (primary N) is 2. The van der Waals surface area contributed by atoms with Crippen LogP contribution in [0.4, 0.5) is 0 Å². The quantitative estimate of drug-likeness (QED) is 0.262. The summed E-state index contributed by atoms with van der Waals surface area (Å²) in [4.78, 5) is 12.1. The van der Waals surface area contributed by atoms with Crippen molar-refractivity contribution in [2.75, 3.05) is 40.4 Å². The first kappa shape index (κ1) is 26.4. The number of quaternary nitrogens is 2. The van der Waals surface area contributed by atoms with Crippen LogP contribution < -0.4 is 40.2 Å². The Morgan fingerprint density at radius 3 is 2.14 bits per heavy atom. The van der Waals surface area contributed by atoms with Gasteiger partial charge in [-0.15, -0.1) is 0 Å². The monoisotopic (exact) mass is 428 g/mol. The summed E-state index contributed by atoms with van der Waals surface area (Å²) in [5.74, 6) is 0.949. The molecule has 156 valence electrons. The zero-order valence-electron chi connectivity index (χ0n) is 16.4. The summed E-state index contributed by atoms with van der Waals surface area (Å²) in [7, 11) is 3.37. The van der Waals surface area contributed by atoms with E-state index in [0.717, 1.165) is 37.5 Å².